The molecule has 3 atom stereocenters. The Morgan fingerprint density at radius 1 is 1.10 bits per heavy atom. The van der Waals surface area contributed by atoms with Crippen LogP contribution in [0.4, 0.5) is 25.1 Å². The van der Waals surface area contributed by atoms with Gasteiger partial charge >= 0.3 is 10.2 Å². The fraction of sp³-hybridized carbons (Fsp3) is 0.440. The van der Waals surface area contributed by atoms with Gasteiger partial charge in [0, 0.05) is 36.1 Å². The van der Waals surface area contributed by atoms with Crippen molar-refractivity contribution in [1.29, 1.82) is 5.26 Å². The number of aliphatic hydroxyl groups is 1. The molecule has 2 aromatic rings. The topological polar surface area (TPSA) is 110 Å². The summed E-state index contributed by atoms with van der Waals surface area (Å²) in [6, 6.07) is 1.88. The summed E-state index contributed by atoms with van der Waals surface area (Å²) in [4.78, 5) is 31.5. The van der Waals surface area contributed by atoms with Crippen molar-refractivity contribution in [3.8, 4) is 6.19 Å². The molecule has 3 unspecified atom stereocenters. The van der Waals surface area contributed by atoms with E-state index < -0.39 is 45.1 Å². The van der Waals surface area contributed by atoms with Gasteiger partial charge in [-0.05, 0) is 43.2 Å². The lowest BCUT2D eigenvalue weighted by Gasteiger charge is -2.41. The van der Waals surface area contributed by atoms with Crippen LogP contribution < -0.4 is 10.2 Å². The summed E-state index contributed by atoms with van der Waals surface area (Å²) >= 11 is 0. The minimum Gasteiger partial charge on any atom is -0.391 e. The number of nitrogens with one attached hydrogen (secondary N) is 1. The molecule has 1 saturated heterocycles. The SMILES string of the molecule is N#CN1CC(O)CC1C(=O)N(c1ccc(S(F)(F)(F)(F)F)cc1)C(C(=O)NC1CCCCC1)c1cccnc1. The highest BCUT2D eigenvalue weighted by atomic mass is 32.5. The molecule has 1 aliphatic carbocycles. The largest absolute Gasteiger partial charge is 0.391 e. The van der Waals surface area contributed by atoms with Crippen molar-refractivity contribution in [3.63, 3.8) is 0 Å². The predicted molar refractivity (Wildman–Crippen MR) is 134 cm³/mol. The van der Waals surface area contributed by atoms with Crippen molar-refractivity contribution in [2.75, 3.05) is 11.4 Å². The molecule has 1 saturated carbocycles. The molecule has 2 aliphatic rings. The standard InChI is InChI=1S/C25H28F5N5O3S/c26-39(27,28,29,30)21-10-8-19(9-11-21)35(25(38)22-13-20(36)15-34(22)16-31)23(17-5-4-12-32-14-17)24(37)33-18-6-2-1-3-7-18/h4-5,8-12,14,18,20,22-23,36H,1-3,6-7,13,15H2,(H,33,37). The number of hydrogen-bond acceptors (Lipinski definition) is 6. The van der Waals surface area contributed by atoms with Crippen molar-refractivity contribution in [2.24, 2.45) is 0 Å². The zero-order chi connectivity index (χ0) is 28.5. The monoisotopic (exact) mass is 573 g/mol. The highest BCUT2D eigenvalue weighted by Crippen LogP contribution is 3.02. The summed E-state index contributed by atoms with van der Waals surface area (Å²) in [5.74, 6) is -1.50. The second-order valence-electron chi connectivity index (χ2n) is 9.86. The lowest BCUT2D eigenvalue weighted by atomic mass is 9.94. The van der Waals surface area contributed by atoms with Crippen LogP contribution >= 0.6 is 10.2 Å². The first-order valence-corrected chi connectivity index (χ1v) is 14.3. The van der Waals surface area contributed by atoms with Gasteiger partial charge < -0.3 is 10.4 Å². The Morgan fingerprint density at radius 3 is 2.33 bits per heavy atom. The van der Waals surface area contributed by atoms with E-state index in [1.165, 1.54) is 24.5 Å². The van der Waals surface area contributed by atoms with E-state index in [2.05, 4.69) is 10.3 Å². The lowest BCUT2D eigenvalue weighted by molar-refractivity contribution is -0.128. The molecule has 2 amide bonds. The van der Waals surface area contributed by atoms with Gasteiger partial charge in [0.15, 0.2) is 6.19 Å². The van der Waals surface area contributed by atoms with Gasteiger partial charge in [-0.3, -0.25) is 24.4 Å². The maximum absolute atomic E-state index is 13.9. The molecule has 2 fully saturated rings. The number of nitriles is 1. The summed E-state index contributed by atoms with van der Waals surface area (Å²) in [6.45, 7) is -0.157. The zero-order valence-electron chi connectivity index (χ0n) is 20.7. The lowest BCUT2D eigenvalue weighted by Crippen LogP contribution is -2.51. The molecule has 0 spiro atoms. The smallest absolute Gasteiger partial charge is 0.310 e. The van der Waals surface area contributed by atoms with Crippen molar-refractivity contribution < 1.29 is 34.1 Å². The van der Waals surface area contributed by atoms with Gasteiger partial charge in [0.05, 0.1) is 12.6 Å². The second-order valence-corrected chi connectivity index (χ2v) is 12.3. The van der Waals surface area contributed by atoms with Gasteiger partial charge in [-0.15, -0.1) is 0 Å². The van der Waals surface area contributed by atoms with Crippen LogP contribution in [0.2, 0.25) is 0 Å². The average Bonchev–Trinajstić information content (AvgIpc) is 3.27. The summed E-state index contributed by atoms with van der Waals surface area (Å²) in [5, 5.41) is 22.5. The van der Waals surface area contributed by atoms with Gasteiger partial charge in [0.2, 0.25) is 5.91 Å². The number of likely N-dealkylation sites (tertiary alicyclic amines) is 1. The van der Waals surface area contributed by atoms with Crippen molar-refractivity contribution >= 4 is 27.7 Å². The highest BCUT2D eigenvalue weighted by molar-refractivity contribution is 8.45. The predicted octanol–water partition coefficient (Wildman–Crippen LogP) is 5.18. The van der Waals surface area contributed by atoms with E-state index >= 15 is 0 Å². The van der Waals surface area contributed by atoms with Crippen LogP contribution in [0.3, 0.4) is 0 Å². The molecule has 212 valence electrons. The molecule has 1 aromatic heterocycles. The Morgan fingerprint density at radius 2 is 1.77 bits per heavy atom. The number of benzene rings is 1. The minimum atomic E-state index is -10.0. The fourth-order valence-corrected chi connectivity index (χ4v) is 5.72. The molecule has 2 heterocycles. The van der Waals surface area contributed by atoms with Crippen molar-refractivity contribution in [2.45, 2.75) is 67.6 Å². The Labute approximate surface area is 222 Å². The molecule has 2 N–H and O–H groups in total. The van der Waals surface area contributed by atoms with Crippen molar-refractivity contribution in [3.05, 3.63) is 54.4 Å². The number of aliphatic hydroxyl groups excluding tert-OH is 1. The number of carbonyl (C=O) groups is 2. The third-order valence-electron chi connectivity index (χ3n) is 6.95. The third kappa shape index (κ3) is 6.59. The Kier molecular flexibility index (Phi) is 7.28. The molecular formula is C25H28F5N5O3S. The first-order valence-electron chi connectivity index (χ1n) is 12.4. The van der Waals surface area contributed by atoms with Gasteiger partial charge in [-0.2, -0.15) is 5.26 Å². The van der Waals surface area contributed by atoms with Crippen LogP contribution in [0.5, 0.6) is 0 Å². The summed E-state index contributed by atoms with van der Waals surface area (Å²) in [5.41, 5.74) is -0.0458. The van der Waals surface area contributed by atoms with E-state index in [1.807, 2.05) is 6.19 Å². The Hall–Kier alpha value is -3.44. The average molecular weight is 574 g/mol. The number of aromatic nitrogens is 1. The van der Waals surface area contributed by atoms with Crippen LogP contribution in [0.15, 0.2) is 53.7 Å². The first-order chi connectivity index (χ1) is 18.2. The highest BCUT2D eigenvalue weighted by Gasteiger charge is 2.65. The van der Waals surface area contributed by atoms with Crippen LogP contribution in [0.1, 0.15) is 50.1 Å². The molecule has 0 bridgehead atoms. The number of nitrogens with zero attached hydrogens (tertiary/aromatic N) is 4. The normalized spacial score (nSPS) is 22.7. The van der Waals surface area contributed by atoms with E-state index in [1.54, 1.807) is 0 Å². The van der Waals surface area contributed by atoms with Gasteiger partial charge in [-0.1, -0.05) is 44.8 Å². The van der Waals surface area contributed by atoms with E-state index in [0.717, 1.165) is 29.1 Å². The maximum atomic E-state index is 13.9. The number of hydrogen-bond donors (Lipinski definition) is 2. The van der Waals surface area contributed by atoms with Gasteiger partial charge in [0.25, 0.3) is 5.91 Å². The minimum absolute atomic E-state index is 0.157. The number of β-amino-alcohol motifs (C(OH)–C–C–N with tert-alkyl or cyclic N) is 1. The molecule has 8 nitrogen and oxygen atoms in total. The summed E-state index contributed by atoms with van der Waals surface area (Å²) in [6.07, 6.45) is 7.55. The van der Waals surface area contributed by atoms with Crippen LogP contribution in [-0.4, -0.2) is 51.5 Å². The van der Waals surface area contributed by atoms with E-state index in [-0.39, 0.29) is 42.4 Å². The molecule has 4 rings (SSSR count). The number of pyridine rings is 1. The summed E-state index contributed by atoms with van der Waals surface area (Å²) in [7, 11) is -10.0. The molecule has 1 aromatic carbocycles. The van der Waals surface area contributed by atoms with Crippen LogP contribution in [0, 0.1) is 11.5 Å². The number of amides is 2. The molecule has 0 radical (unpaired) electrons. The Bertz CT molecular complexity index is 1250. The van der Waals surface area contributed by atoms with Gasteiger partial charge in [0.1, 0.15) is 17.0 Å². The maximum Gasteiger partial charge on any atom is 0.310 e. The van der Waals surface area contributed by atoms with Crippen LogP contribution in [0.25, 0.3) is 0 Å². The molecule has 14 heteroatoms. The van der Waals surface area contributed by atoms with Crippen LogP contribution in [-0.2, 0) is 9.59 Å². The van der Waals surface area contributed by atoms with E-state index in [4.69, 9.17) is 0 Å². The quantitative estimate of drug-likeness (QED) is 0.349. The summed E-state index contributed by atoms with van der Waals surface area (Å²) < 4.78 is 67.1. The number of anilines is 1. The Balaban J connectivity index is 1.82. The number of rotatable bonds is 7. The number of halogens is 5. The number of carbonyl (C=O) groups excluding carboxylic acids is 2. The molecule has 1 aliphatic heterocycles. The first kappa shape index (κ1) is 28.6. The van der Waals surface area contributed by atoms with E-state index in [9.17, 15) is 39.4 Å². The van der Waals surface area contributed by atoms with E-state index in [0.29, 0.717) is 25.0 Å². The third-order valence-corrected chi connectivity index (χ3v) is 8.11. The second kappa shape index (κ2) is 9.95. The fourth-order valence-electron chi connectivity index (χ4n) is 5.07. The van der Waals surface area contributed by atoms with Gasteiger partial charge in [-0.25, -0.2) is 0 Å². The zero-order valence-corrected chi connectivity index (χ0v) is 21.5. The van der Waals surface area contributed by atoms with Crippen molar-refractivity contribution in [1.82, 2.24) is 15.2 Å². The molecular weight excluding hydrogens is 545 g/mol. The molecule has 39 heavy (non-hydrogen) atoms.